The van der Waals surface area contributed by atoms with E-state index in [9.17, 15) is 0 Å². The van der Waals surface area contributed by atoms with Gasteiger partial charge >= 0.3 is 0 Å². The third-order valence-electron chi connectivity index (χ3n) is 4.51. The number of halogens is 1. The minimum absolute atomic E-state index is 0.691. The van der Waals surface area contributed by atoms with E-state index >= 15 is 0 Å². The SMILES string of the molecule is CCCN(CCC)CCCc1cc(Cl)ccc1OCCc1ccccc1. The van der Waals surface area contributed by atoms with Gasteiger partial charge in [0.25, 0.3) is 0 Å². The van der Waals surface area contributed by atoms with Crippen LogP contribution >= 0.6 is 11.6 Å². The standard InChI is InChI=1S/C23H32ClNO/c1-3-15-25(16-4-2)17-8-11-21-19-22(24)12-13-23(21)26-18-14-20-9-6-5-7-10-20/h5-7,9-10,12-13,19H,3-4,8,11,14-18H2,1-2H3. The van der Waals surface area contributed by atoms with Crippen LogP contribution in [0.25, 0.3) is 0 Å². The van der Waals surface area contributed by atoms with E-state index in [1.54, 1.807) is 0 Å². The lowest BCUT2D eigenvalue weighted by molar-refractivity contribution is 0.270. The third-order valence-corrected chi connectivity index (χ3v) is 4.75. The van der Waals surface area contributed by atoms with Gasteiger partial charge in [0.15, 0.2) is 0 Å². The van der Waals surface area contributed by atoms with Gasteiger partial charge in [0.05, 0.1) is 6.61 Å². The molecule has 0 atom stereocenters. The van der Waals surface area contributed by atoms with Crippen LogP contribution in [0.3, 0.4) is 0 Å². The van der Waals surface area contributed by atoms with Crippen molar-refractivity contribution in [2.75, 3.05) is 26.2 Å². The average Bonchev–Trinajstić information content (AvgIpc) is 2.65. The van der Waals surface area contributed by atoms with Crippen LogP contribution in [-0.4, -0.2) is 31.1 Å². The fourth-order valence-electron chi connectivity index (χ4n) is 3.27. The van der Waals surface area contributed by atoms with Gasteiger partial charge in [-0.15, -0.1) is 0 Å². The Morgan fingerprint density at radius 1 is 0.885 bits per heavy atom. The smallest absolute Gasteiger partial charge is 0.122 e. The molecule has 3 heteroatoms. The second kappa shape index (κ2) is 12.0. The van der Waals surface area contributed by atoms with Crippen molar-refractivity contribution in [3.8, 4) is 5.75 Å². The van der Waals surface area contributed by atoms with Crippen LogP contribution in [0, 0.1) is 0 Å². The van der Waals surface area contributed by atoms with Gasteiger partial charge in [-0.1, -0.05) is 55.8 Å². The Bertz CT molecular complexity index is 623. The van der Waals surface area contributed by atoms with Crippen LogP contribution < -0.4 is 4.74 Å². The summed E-state index contributed by atoms with van der Waals surface area (Å²) < 4.78 is 6.08. The summed E-state index contributed by atoms with van der Waals surface area (Å²) in [5.74, 6) is 0.975. The summed E-state index contributed by atoms with van der Waals surface area (Å²) in [6, 6.07) is 16.5. The number of hydrogen-bond donors (Lipinski definition) is 0. The van der Waals surface area contributed by atoms with Crippen molar-refractivity contribution < 1.29 is 4.74 Å². The first kappa shape index (κ1) is 20.8. The Morgan fingerprint density at radius 3 is 2.31 bits per heavy atom. The Hall–Kier alpha value is -1.51. The predicted octanol–water partition coefficient (Wildman–Crippen LogP) is 6.02. The molecule has 0 spiro atoms. The number of hydrogen-bond acceptors (Lipinski definition) is 2. The highest BCUT2D eigenvalue weighted by Crippen LogP contribution is 2.24. The van der Waals surface area contributed by atoms with Crippen LogP contribution in [0.2, 0.25) is 5.02 Å². The molecule has 0 aliphatic rings. The van der Waals surface area contributed by atoms with E-state index in [1.807, 2.05) is 18.2 Å². The first-order chi connectivity index (χ1) is 12.7. The van der Waals surface area contributed by atoms with Crippen LogP contribution in [0.5, 0.6) is 5.75 Å². The first-order valence-electron chi connectivity index (χ1n) is 9.90. The van der Waals surface area contributed by atoms with Crippen molar-refractivity contribution in [1.82, 2.24) is 4.90 Å². The molecule has 0 aromatic heterocycles. The summed E-state index contributed by atoms with van der Waals surface area (Å²) in [7, 11) is 0. The van der Waals surface area contributed by atoms with E-state index in [0.29, 0.717) is 6.61 Å². The molecule has 0 N–H and O–H groups in total. The Labute approximate surface area is 164 Å². The van der Waals surface area contributed by atoms with Crippen LogP contribution in [0.4, 0.5) is 0 Å². The normalized spacial score (nSPS) is 11.1. The van der Waals surface area contributed by atoms with Crippen LogP contribution in [0.1, 0.15) is 44.2 Å². The van der Waals surface area contributed by atoms with E-state index in [4.69, 9.17) is 16.3 Å². The van der Waals surface area contributed by atoms with Crippen molar-refractivity contribution in [1.29, 1.82) is 0 Å². The summed E-state index contributed by atoms with van der Waals surface area (Å²) in [5.41, 5.74) is 2.52. The minimum Gasteiger partial charge on any atom is -0.493 e. The van der Waals surface area contributed by atoms with Crippen molar-refractivity contribution in [2.45, 2.75) is 46.0 Å². The molecule has 26 heavy (non-hydrogen) atoms. The summed E-state index contributed by atoms with van der Waals surface area (Å²) >= 11 is 6.22. The molecule has 142 valence electrons. The van der Waals surface area contributed by atoms with Crippen molar-refractivity contribution >= 4 is 11.6 Å². The molecule has 0 aliphatic carbocycles. The maximum Gasteiger partial charge on any atom is 0.122 e. The van der Waals surface area contributed by atoms with Gasteiger partial charge in [0.2, 0.25) is 0 Å². The maximum atomic E-state index is 6.22. The van der Waals surface area contributed by atoms with E-state index in [2.05, 4.69) is 49.1 Å². The quantitative estimate of drug-likeness (QED) is 0.451. The fraction of sp³-hybridized carbons (Fsp3) is 0.478. The Balaban J connectivity index is 1.87. The minimum atomic E-state index is 0.691. The van der Waals surface area contributed by atoms with Gasteiger partial charge in [-0.05, 0) is 74.6 Å². The highest BCUT2D eigenvalue weighted by Gasteiger charge is 2.08. The summed E-state index contributed by atoms with van der Waals surface area (Å²) in [5, 5.41) is 0.786. The Kier molecular flexibility index (Phi) is 9.58. The van der Waals surface area contributed by atoms with Gasteiger partial charge in [-0.2, -0.15) is 0 Å². The number of nitrogens with zero attached hydrogens (tertiary/aromatic N) is 1. The summed E-state index contributed by atoms with van der Waals surface area (Å²) in [6.45, 7) is 8.69. The molecule has 0 fully saturated rings. The monoisotopic (exact) mass is 373 g/mol. The molecule has 0 heterocycles. The Morgan fingerprint density at radius 2 is 1.62 bits per heavy atom. The van der Waals surface area contributed by atoms with E-state index in [1.165, 1.54) is 37.1 Å². The molecule has 2 nitrogen and oxygen atoms in total. The highest BCUT2D eigenvalue weighted by atomic mass is 35.5. The zero-order chi connectivity index (χ0) is 18.6. The van der Waals surface area contributed by atoms with Gasteiger partial charge < -0.3 is 9.64 Å². The molecule has 2 aromatic rings. The van der Waals surface area contributed by atoms with Crippen molar-refractivity contribution in [3.05, 3.63) is 64.7 Å². The number of aryl methyl sites for hydroxylation is 1. The lowest BCUT2D eigenvalue weighted by Gasteiger charge is -2.21. The lowest BCUT2D eigenvalue weighted by Crippen LogP contribution is -2.26. The topological polar surface area (TPSA) is 12.5 Å². The molecule has 0 saturated carbocycles. The highest BCUT2D eigenvalue weighted by molar-refractivity contribution is 6.30. The van der Waals surface area contributed by atoms with E-state index in [0.717, 1.165) is 36.6 Å². The average molecular weight is 374 g/mol. The number of benzene rings is 2. The molecule has 2 aromatic carbocycles. The van der Waals surface area contributed by atoms with Crippen molar-refractivity contribution in [2.24, 2.45) is 0 Å². The van der Waals surface area contributed by atoms with E-state index < -0.39 is 0 Å². The second-order valence-electron chi connectivity index (χ2n) is 6.78. The van der Waals surface area contributed by atoms with E-state index in [-0.39, 0.29) is 0 Å². The van der Waals surface area contributed by atoms with Gasteiger partial charge in [0.1, 0.15) is 5.75 Å². The molecule has 0 radical (unpaired) electrons. The first-order valence-corrected chi connectivity index (χ1v) is 10.3. The molecule has 0 unspecified atom stereocenters. The molecule has 0 amide bonds. The zero-order valence-electron chi connectivity index (χ0n) is 16.2. The van der Waals surface area contributed by atoms with Crippen molar-refractivity contribution in [3.63, 3.8) is 0 Å². The summed E-state index contributed by atoms with van der Waals surface area (Å²) in [6.07, 6.45) is 5.49. The summed E-state index contributed by atoms with van der Waals surface area (Å²) in [4.78, 5) is 2.56. The molecule has 0 saturated heterocycles. The number of ether oxygens (including phenoxy) is 1. The largest absolute Gasteiger partial charge is 0.493 e. The zero-order valence-corrected chi connectivity index (χ0v) is 17.0. The van der Waals surface area contributed by atoms with Gasteiger partial charge in [0, 0.05) is 11.4 Å². The fourth-order valence-corrected chi connectivity index (χ4v) is 3.46. The third kappa shape index (κ3) is 7.39. The molecule has 2 rings (SSSR count). The van der Waals surface area contributed by atoms with Gasteiger partial charge in [-0.25, -0.2) is 0 Å². The number of rotatable bonds is 12. The molecular formula is C23H32ClNO. The molecular weight excluding hydrogens is 342 g/mol. The van der Waals surface area contributed by atoms with Gasteiger partial charge in [-0.3, -0.25) is 0 Å². The lowest BCUT2D eigenvalue weighted by atomic mass is 10.1. The molecule has 0 bridgehead atoms. The van der Waals surface area contributed by atoms with Crippen LogP contribution in [-0.2, 0) is 12.8 Å². The van der Waals surface area contributed by atoms with Crippen LogP contribution in [0.15, 0.2) is 48.5 Å². The second-order valence-corrected chi connectivity index (χ2v) is 7.22. The predicted molar refractivity (Wildman–Crippen MR) is 112 cm³/mol. The molecule has 0 aliphatic heterocycles. The maximum absolute atomic E-state index is 6.22.